The van der Waals surface area contributed by atoms with Crippen LogP contribution in [0.15, 0.2) is 59.8 Å². The molecule has 132 valence electrons. The number of oxime groups is 1. The van der Waals surface area contributed by atoms with E-state index in [1.165, 1.54) is 5.56 Å². The summed E-state index contributed by atoms with van der Waals surface area (Å²) in [6, 6.07) is 18.4. The topological polar surface area (TPSA) is 49.7 Å². The lowest BCUT2D eigenvalue weighted by molar-refractivity contribution is -0.118. The number of hydrogen-bond acceptors (Lipinski definition) is 3. The molecule has 0 saturated carbocycles. The number of benzene rings is 2. The van der Waals surface area contributed by atoms with Crippen LogP contribution in [0.3, 0.4) is 0 Å². The Morgan fingerprint density at radius 1 is 0.840 bits per heavy atom. The lowest BCUT2D eigenvalue weighted by atomic mass is 9.99. The van der Waals surface area contributed by atoms with Crippen molar-refractivity contribution in [3.05, 3.63) is 60.2 Å². The summed E-state index contributed by atoms with van der Waals surface area (Å²) in [5, 5.41) is 12.8. The van der Waals surface area contributed by atoms with Crippen LogP contribution in [0, 0.1) is 0 Å². The maximum atomic E-state index is 11.3. The Hall–Kier alpha value is -2.42. The fourth-order valence-corrected chi connectivity index (χ4v) is 2.88. The molecule has 0 amide bonds. The fraction of sp³-hybridized carbons (Fsp3) is 0.364. The van der Waals surface area contributed by atoms with Crippen LogP contribution in [0.5, 0.6) is 0 Å². The van der Waals surface area contributed by atoms with Gasteiger partial charge in [0.1, 0.15) is 5.78 Å². The largest absolute Gasteiger partial charge is 0.411 e. The second kappa shape index (κ2) is 10.4. The maximum Gasteiger partial charge on any atom is 0.132 e. The second-order valence-electron chi connectivity index (χ2n) is 6.30. The van der Waals surface area contributed by atoms with Gasteiger partial charge in [-0.25, -0.2) is 0 Å². The summed E-state index contributed by atoms with van der Waals surface area (Å²) in [6.45, 7) is 1.91. The van der Waals surface area contributed by atoms with Gasteiger partial charge in [0.25, 0.3) is 0 Å². The van der Waals surface area contributed by atoms with E-state index >= 15 is 0 Å². The zero-order valence-corrected chi connectivity index (χ0v) is 14.9. The highest BCUT2D eigenvalue weighted by Crippen LogP contribution is 2.20. The number of nitrogens with zero attached hydrogens (tertiary/aromatic N) is 1. The fourth-order valence-electron chi connectivity index (χ4n) is 2.88. The number of rotatable bonds is 10. The van der Waals surface area contributed by atoms with Gasteiger partial charge in [0, 0.05) is 12.8 Å². The van der Waals surface area contributed by atoms with Crippen LogP contribution >= 0.6 is 0 Å². The zero-order chi connectivity index (χ0) is 17.9. The molecule has 2 aromatic rings. The number of Topliss-reactive ketones (excluding diaryl/α,β-unsaturated/α-hetero) is 1. The minimum Gasteiger partial charge on any atom is -0.411 e. The first kappa shape index (κ1) is 18.9. The van der Waals surface area contributed by atoms with Gasteiger partial charge >= 0.3 is 0 Å². The number of carbonyl (C=O) groups excluding carboxylic acids is 1. The van der Waals surface area contributed by atoms with Crippen molar-refractivity contribution in [3.63, 3.8) is 0 Å². The van der Waals surface area contributed by atoms with E-state index in [0.717, 1.165) is 48.9 Å². The van der Waals surface area contributed by atoms with E-state index in [2.05, 4.69) is 29.4 Å². The molecular weight excluding hydrogens is 310 g/mol. The molecule has 0 spiro atoms. The van der Waals surface area contributed by atoms with Crippen LogP contribution < -0.4 is 0 Å². The van der Waals surface area contributed by atoms with Gasteiger partial charge in [0.05, 0.1) is 5.71 Å². The molecule has 0 aliphatic carbocycles. The lowest BCUT2D eigenvalue weighted by Gasteiger charge is -2.07. The van der Waals surface area contributed by atoms with E-state index in [4.69, 9.17) is 0 Å². The van der Waals surface area contributed by atoms with Gasteiger partial charge in [-0.2, -0.15) is 0 Å². The van der Waals surface area contributed by atoms with Gasteiger partial charge in [0.2, 0.25) is 0 Å². The molecule has 1 N–H and O–H groups in total. The van der Waals surface area contributed by atoms with Crippen molar-refractivity contribution < 1.29 is 10.0 Å². The van der Waals surface area contributed by atoms with E-state index in [1.54, 1.807) is 0 Å². The summed E-state index contributed by atoms with van der Waals surface area (Å²) < 4.78 is 0. The summed E-state index contributed by atoms with van der Waals surface area (Å²) in [7, 11) is 0. The van der Waals surface area contributed by atoms with Crippen molar-refractivity contribution in [1.29, 1.82) is 0 Å². The van der Waals surface area contributed by atoms with E-state index in [1.807, 2.05) is 37.3 Å². The second-order valence-corrected chi connectivity index (χ2v) is 6.30. The average Bonchev–Trinajstić information content (AvgIpc) is 2.68. The normalized spacial score (nSPS) is 11.5. The smallest absolute Gasteiger partial charge is 0.132 e. The summed E-state index contributed by atoms with van der Waals surface area (Å²) >= 11 is 0. The Morgan fingerprint density at radius 2 is 1.44 bits per heavy atom. The van der Waals surface area contributed by atoms with E-state index in [9.17, 15) is 10.0 Å². The SMILES string of the molecule is CCC(=O)CCCCCC/C(=N\O)c1ccc(-c2ccccc2)cc1. The van der Waals surface area contributed by atoms with Gasteiger partial charge < -0.3 is 5.21 Å². The summed E-state index contributed by atoms with van der Waals surface area (Å²) in [5.74, 6) is 0.344. The Bertz CT molecular complexity index is 675. The van der Waals surface area contributed by atoms with Crippen molar-refractivity contribution in [1.82, 2.24) is 0 Å². The predicted molar refractivity (Wildman–Crippen MR) is 103 cm³/mol. The van der Waals surface area contributed by atoms with Crippen LogP contribution in [-0.2, 0) is 4.79 Å². The minimum atomic E-state index is 0.344. The molecule has 0 unspecified atom stereocenters. The highest BCUT2D eigenvalue weighted by atomic mass is 16.4. The lowest BCUT2D eigenvalue weighted by Crippen LogP contribution is -2.01. The van der Waals surface area contributed by atoms with E-state index in [-0.39, 0.29) is 0 Å². The van der Waals surface area contributed by atoms with Crippen molar-refractivity contribution in [3.8, 4) is 11.1 Å². The van der Waals surface area contributed by atoms with Crippen LogP contribution in [0.25, 0.3) is 11.1 Å². The predicted octanol–water partition coefficient (Wildman–Crippen LogP) is 5.85. The quantitative estimate of drug-likeness (QED) is 0.256. The molecular formula is C22H27NO2. The zero-order valence-electron chi connectivity index (χ0n) is 14.9. The molecule has 25 heavy (non-hydrogen) atoms. The number of ketones is 1. The van der Waals surface area contributed by atoms with Crippen LogP contribution in [-0.4, -0.2) is 16.7 Å². The maximum absolute atomic E-state index is 11.3. The van der Waals surface area contributed by atoms with Gasteiger partial charge in [-0.05, 0) is 36.0 Å². The molecule has 0 bridgehead atoms. The Balaban J connectivity index is 1.81. The van der Waals surface area contributed by atoms with Crippen molar-refractivity contribution >= 4 is 11.5 Å². The Morgan fingerprint density at radius 3 is 2.04 bits per heavy atom. The molecule has 0 saturated heterocycles. The number of unbranched alkanes of at least 4 members (excludes halogenated alkanes) is 3. The number of hydrogen-bond donors (Lipinski definition) is 1. The average molecular weight is 337 g/mol. The molecule has 0 atom stereocenters. The molecule has 0 aliphatic heterocycles. The van der Waals surface area contributed by atoms with Gasteiger partial charge in [-0.15, -0.1) is 0 Å². The molecule has 0 aliphatic rings. The number of carbonyl (C=O) groups is 1. The van der Waals surface area contributed by atoms with Crippen molar-refractivity contribution in [2.45, 2.75) is 51.9 Å². The Labute approximate surface area is 150 Å². The van der Waals surface area contributed by atoms with Gasteiger partial charge in [0.15, 0.2) is 0 Å². The summed E-state index contributed by atoms with van der Waals surface area (Å²) in [6.07, 6.45) is 6.13. The minimum absolute atomic E-state index is 0.344. The summed E-state index contributed by atoms with van der Waals surface area (Å²) in [4.78, 5) is 11.3. The first-order valence-corrected chi connectivity index (χ1v) is 9.13. The van der Waals surface area contributed by atoms with Crippen LogP contribution in [0.4, 0.5) is 0 Å². The van der Waals surface area contributed by atoms with E-state index in [0.29, 0.717) is 18.6 Å². The van der Waals surface area contributed by atoms with E-state index < -0.39 is 0 Å². The standard InChI is InChI=1S/C22H27NO2/c1-2-21(24)12-8-3-4-9-13-22(23-25)20-16-14-19(15-17-20)18-10-6-5-7-11-18/h5-7,10-11,14-17,25H,2-4,8-9,12-13H2,1H3/b23-22+. The van der Waals surface area contributed by atoms with Crippen LogP contribution in [0.2, 0.25) is 0 Å². The first-order chi connectivity index (χ1) is 12.2. The van der Waals surface area contributed by atoms with Crippen molar-refractivity contribution in [2.75, 3.05) is 0 Å². The molecule has 3 nitrogen and oxygen atoms in total. The molecule has 2 rings (SSSR count). The highest BCUT2D eigenvalue weighted by molar-refractivity contribution is 6.00. The van der Waals surface area contributed by atoms with Crippen LogP contribution in [0.1, 0.15) is 57.4 Å². The van der Waals surface area contributed by atoms with Crippen molar-refractivity contribution in [2.24, 2.45) is 5.16 Å². The molecule has 0 heterocycles. The Kier molecular flexibility index (Phi) is 7.90. The monoisotopic (exact) mass is 337 g/mol. The highest BCUT2D eigenvalue weighted by Gasteiger charge is 2.06. The van der Waals surface area contributed by atoms with Gasteiger partial charge in [-0.3, -0.25) is 4.79 Å². The third-order valence-corrected chi connectivity index (χ3v) is 4.46. The molecule has 3 heteroatoms. The third-order valence-electron chi connectivity index (χ3n) is 4.46. The first-order valence-electron chi connectivity index (χ1n) is 9.13. The third kappa shape index (κ3) is 6.18. The molecule has 2 aromatic carbocycles. The molecule has 0 aromatic heterocycles. The van der Waals surface area contributed by atoms with Gasteiger partial charge in [-0.1, -0.05) is 79.5 Å². The molecule has 0 fully saturated rings. The summed E-state index contributed by atoms with van der Waals surface area (Å²) in [5.41, 5.74) is 4.02. The molecule has 0 radical (unpaired) electrons.